The van der Waals surface area contributed by atoms with Crippen molar-refractivity contribution in [2.45, 2.75) is 31.5 Å². The van der Waals surface area contributed by atoms with Crippen LogP contribution in [-0.4, -0.2) is 48.4 Å². The number of carbonyl (C=O) groups excluding carboxylic acids is 1. The fraction of sp³-hybridized carbons (Fsp3) is 0.409. The fourth-order valence-corrected chi connectivity index (χ4v) is 4.08. The maximum Gasteiger partial charge on any atom is 0.241 e. The maximum absolute atomic E-state index is 13.3. The molecule has 2 heterocycles. The van der Waals surface area contributed by atoms with Gasteiger partial charge in [-0.05, 0) is 31.5 Å². The highest BCUT2D eigenvalue weighted by atomic mass is 16.2. The van der Waals surface area contributed by atoms with Gasteiger partial charge in [-0.15, -0.1) is 0 Å². The Morgan fingerprint density at radius 1 is 0.963 bits per heavy atom. The number of benzene rings is 2. The summed E-state index contributed by atoms with van der Waals surface area (Å²) in [7, 11) is 2.13. The molecule has 2 aromatic carbocycles. The van der Waals surface area contributed by atoms with Gasteiger partial charge in [-0.25, -0.2) is 10.9 Å². The minimum atomic E-state index is -0.189. The molecule has 0 radical (unpaired) electrons. The predicted molar refractivity (Wildman–Crippen MR) is 107 cm³/mol. The normalized spacial score (nSPS) is 26.3. The number of nitrogens with one attached hydrogen (secondary N) is 2. The standard InChI is InChI=1S/C22H28N4O/c1-16-8-10-17(11-9-16)19-14-20(24-23-19)22(27)26-13-12-25(2)15-21(26)18-6-4-3-5-7-18/h3-11,19-21,23-24H,12-15H2,1-2H3. The number of nitrogens with zero attached hydrogens (tertiary/aromatic N) is 2. The second-order valence-corrected chi connectivity index (χ2v) is 7.76. The second-order valence-electron chi connectivity index (χ2n) is 7.76. The van der Waals surface area contributed by atoms with Crippen LogP contribution in [0.3, 0.4) is 0 Å². The summed E-state index contributed by atoms with van der Waals surface area (Å²) in [5.74, 6) is 0.194. The molecule has 3 unspecified atom stereocenters. The molecule has 4 rings (SSSR count). The Labute approximate surface area is 161 Å². The monoisotopic (exact) mass is 364 g/mol. The lowest BCUT2D eigenvalue weighted by atomic mass is 9.98. The average Bonchev–Trinajstić information content (AvgIpc) is 3.19. The summed E-state index contributed by atoms with van der Waals surface area (Å²) in [5, 5.41) is 0. The second kappa shape index (κ2) is 7.80. The first-order valence-corrected chi connectivity index (χ1v) is 9.73. The van der Waals surface area contributed by atoms with E-state index in [0.717, 1.165) is 26.1 Å². The van der Waals surface area contributed by atoms with Crippen molar-refractivity contribution in [3.8, 4) is 0 Å². The number of piperazine rings is 1. The molecule has 2 saturated heterocycles. The zero-order chi connectivity index (χ0) is 18.8. The van der Waals surface area contributed by atoms with E-state index in [1.165, 1.54) is 16.7 Å². The van der Waals surface area contributed by atoms with Gasteiger partial charge in [0.15, 0.2) is 0 Å². The number of hydrazine groups is 1. The SMILES string of the molecule is Cc1ccc(C2CC(C(=O)N3CCN(C)CC3c3ccccc3)NN2)cc1. The van der Waals surface area contributed by atoms with Gasteiger partial charge in [-0.3, -0.25) is 4.79 Å². The van der Waals surface area contributed by atoms with E-state index in [0.29, 0.717) is 0 Å². The predicted octanol–water partition coefficient (Wildman–Crippen LogP) is 2.42. The third-order valence-corrected chi connectivity index (χ3v) is 5.73. The lowest BCUT2D eigenvalue weighted by Gasteiger charge is -2.41. The van der Waals surface area contributed by atoms with Gasteiger partial charge in [0.25, 0.3) is 0 Å². The Kier molecular flexibility index (Phi) is 5.25. The third-order valence-electron chi connectivity index (χ3n) is 5.73. The molecule has 3 atom stereocenters. The first-order chi connectivity index (χ1) is 13.1. The Hall–Kier alpha value is -2.21. The van der Waals surface area contributed by atoms with Crippen LogP contribution < -0.4 is 10.9 Å². The summed E-state index contributed by atoms with van der Waals surface area (Å²) in [6.07, 6.45) is 0.774. The van der Waals surface area contributed by atoms with E-state index in [1.807, 2.05) is 6.07 Å². The first kappa shape index (κ1) is 18.2. The summed E-state index contributed by atoms with van der Waals surface area (Å²) in [6, 6.07) is 19.0. The van der Waals surface area contributed by atoms with Crippen molar-refractivity contribution >= 4 is 5.91 Å². The minimum absolute atomic E-state index is 0.109. The van der Waals surface area contributed by atoms with Crippen LogP contribution in [-0.2, 0) is 4.79 Å². The maximum atomic E-state index is 13.3. The van der Waals surface area contributed by atoms with Crippen molar-refractivity contribution in [2.75, 3.05) is 26.7 Å². The summed E-state index contributed by atoms with van der Waals surface area (Å²) in [6.45, 7) is 4.64. The summed E-state index contributed by atoms with van der Waals surface area (Å²) in [4.78, 5) is 17.7. The lowest BCUT2D eigenvalue weighted by molar-refractivity contribution is -0.138. The van der Waals surface area contributed by atoms with Gasteiger partial charge in [-0.1, -0.05) is 60.2 Å². The summed E-state index contributed by atoms with van der Waals surface area (Å²) in [5.41, 5.74) is 10.2. The highest BCUT2D eigenvalue weighted by molar-refractivity contribution is 5.83. The Morgan fingerprint density at radius 3 is 2.44 bits per heavy atom. The van der Waals surface area contributed by atoms with Crippen molar-refractivity contribution in [1.82, 2.24) is 20.7 Å². The van der Waals surface area contributed by atoms with Gasteiger partial charge in [-0.2, -0.15) is 0 Å². The van der Waals surface area contributed by atoms with Crippen LogP contribution in [0.25, 0.3) is 0 Å². The zero-order valence-corrected chi connectivity index (χ0v) is 16.1. The van der Waals surface area contributed by atoms with Crippen molar-refractivity contribution in [3.05, 3.63) is 71.3 Å². The molecule has 0 bridgehead atoms. The molecule has 0 saturated carbocycles. The molecule has 5 nitrogen and oxygen atoms in total. The summed E-state index contributed by atoms with van der Waals surface area (Å²) < 4.78 is 0. The number of aryl methyl sites for hydroxylation is 1. The van der Waals surface area contributed by atoms with Gasteiger partial charge >= 0.3 is 0 Å². The molecule has 2 N–H and O–H groups in total. The lowest BCUT2D eigenvalue weighted by Crippen LogP contribution is -2.54. The van der Waals surface area contributed by atoms with Crippen LogP contribution in [0.2, 0.25) is 0 Å². The molecule has 0 aromatic heterocycles. The third kappa shape index (κ3) is 3.90. The number of carbonyl (C=O) groups is 1. The Bertz CT molecular complexity index is 777. The average molecular weight is 364 g/mol. The van der Waals surface area contributed by atoms with Crippen molar-refractivity contribution in [2.24, 2.45) is 0 Å². The van der Waals surface area contributed by atoms with E-state index in [1.54, 1.807) is 0 Å². The van der Waals surface area contributed by atoms with Crippen LogP contribution in [0.15, 0.2) is 54.6 Å². The van der Waals surface area contributed by atoms with E-state index >= 15 is 0 Å². The van der Waals surface area contributed by atoms with Crippen LogP contribution in [0.5, 0.6) is 0 Å². The van der Waals surface area contributed by atoms with E-state index in [4.69, 9.17) is 0 Å². The van der Waals surface area contributed by atoms with E-state index in [9.17, 15) is 4.79 Å². The molecule has 0 aliphatic carbocycles. The van der Waals surface area contributed by atoms with Crippen LogP contribution >= 0.6 is 0 Å². The topological polar surface area (TPSA) is 47.6 Å². The summed E-state index contributed by atoms with van der Waals surface area (Å²) >= 11 is 0. The quantitative estimate of drug-likeness (QED) is 0.878. The molecule has 2 aliphatic heterocycles. The highest BCUT2D eigenvalue weighted by Gasteiger charge is 2.37. The van der Waals surface area contributed by atoms with Crippen molar-refractivity contribution < 1.29 is 4.79 Å². The molecular formula is C22H28N4O. The molecule has 27 heavy (non-hydrogen) atoms. The van der Waals surface area contributed by atoms with Crippen LogP contribution in [0.4, 0.5) is 0 Å². The minimum Gasteiger partial charge on any atom is -0.332 e. The zero-order valence-electron chi connectivity index (χ0n) is 16.1. The van der Waals surface area contributed by atoms with Gasteiger partial charge in [0.1, 0.15) is 6.04 Å². The number of hydrogen-bond acceptors (Lipinski definition) is 4. The largest absolute Gasteiger partial charge is 0.332 e. The smallest absolute Gasteiger partial charge is 0.241 e. The van der Waals surface area contributed by atoms with Gasteiger partial charge in [0.05, 0.1) is 6.04 Å². The molecule has 2 fully saturated rings. The Morgan fingerprint density at radius 2 is 1.70 bits per heavy atom. The van der Waals surface area contributed by atoms with Crippen LogP contribution in [0.1, 0.15) is 35.2 Å². The van der Waals surface area contributed by atoms with E-state index in [2.05, 4.69) is 83.2 Å². The molecule has 142 valence electrons. The van der Waals surface area contributed by atoms with Crippen LogP contribution in [0, 0.1) is 6.92 Å². The molecule has 0 spiro atoms. The first-order valence-electron chi connectivity index (χ1n) is 9.73. The van der Waals surface area contributed by atoms with Gasteiger partial charge in [0.2, 0.25) is 5.91 Å². The van der Waals surface area contributed by atoms with Gasteiger partial charge < -0.3 is 9.80 Å². The molecular weight excluding hydrogens is 336 g/mol. The van der Waals surface area contributed by atoms with Gasteiger partial charge in [0, 0.05) is 25.7 Å². The van der Waals surface area contributed by atoms with Crippen molar-refractivity contribution in [1.29, 1.82) is 0 Å². The molecule has 1 amide bonds. The number of rotatable bonds is 3. The number of likely N-dealkylation sites (N-methyl/N-ethyl adjacent to an activating group) is 1. The highest BCUT2D eigenvalue weighted by Crippen LogP contribution is 2.29. The van der Waals surface area contributed by atoms with E-state index in [-0.39, 0.29) is 24.0 Å². The van der Waals surface area contributed by atoms with Crippen molar-refractivity contribution in [3.63, 3.8) is 0 Å². The van der Waals surface area contributed by atoms with E-state index < -0.39 is 0 Å². The fourth-order valence-electron chi connectivity index (χ4n) is 4.08. The number of hydrogen-bond donors (Lipinski definition) is 2. The Balaban J connectivity index is 1.48. The molecule has 2 aliphatic rings. The number of amides is 1. The molecule has 5 heteroatoms. The molecule has 2 aromatic rings.